The van der Waals surface area contributed by atoms with Gasteiger partial charge in [0.2, 0.25) is 0 Å². The number of nitrogens with one attached hydrogen (secondary N) is 1. The molecule has 0 saturated carbocycles. The number of rotatable bonds is 6. The van der Waals surface area contributed by atoms with E-state index in [4.69, 9.17) is 0 Å². The summed E-state index contributed by atoms with van der Waals surface area (Å²) in [7, 11) is 0. The third kappa shape index (κ3) is 4.58. The minimum absolute atomic E-state index is 0.322. The van der Waals surface area contributed by atoms with E-state index in [-0.39, 0.29) is 11.8 Å². The normalized spacial score (nSPS) is 17.1. The zero-order chi connectivity index (χ0) is 24.3. The van der Waals surface area contributed by atoms with Crippen molar-refractivity contribution in [1.82, 2.24) is 9.96 Å². The molecule has 3 aromatic rings. The lowest BCUT2D eigenvalue weighted by Gasteiger charge is -2.38. The molecule has 0 aliphatic carbocycles. The molecule has 0 spiro atoms. The van der Waals surface area contributed by atoms with Gasteiger partial charge in [-0.15, -0.1) is 0 Å². The van der Waals surface area contributed by atoms with Crippen molar-refractivity contribution in [2.75, 3.05) is 16.8 Å². The van der Waals surface area contributed by atoms with E-state index >= 15 is 0 Å². The maximum atomic E-state index is 13.6. The van der Waals surface area contributed by atoms with Gasteiger partial charge in [-0.3, -0.25) is 10.1 Å². The van der Waals surface area contributed by atoms with E-state index in [9.17, 15) is 19.2 Å². The summed E-state index contributed by atoms with van der Waals surface area (Å²) in [6.07, 6.45) is -0.508. The fourth-order valence-electron chi connectivity index (χ4n) is 4.27. The number of para-hydroxylation sites is 2. The number of nitrogens with zero attached hydrogens (tertiary/aromatic N) is 3. The van der Waals surface area contributed by atoms with Gasteiger partial charge in [0.05, 0.1) is 5.54 Å². The van der Waals surface area contributed by atoms with E-state index < -0.39 is 17.7 Å². The SMILES string of the molecule is CC1(C)[C@H](N(O)C(=O)Nc2ccccc2)N(c2ccccc2)C(=O)N1CCc1ccc(F)cc1. The molecule has 4 rings (SSSR count). The van der Waals surface area contributed by atoms with Crippen LogP contribution in [-0.4, -0.2) is 45.5 Å². The smallest absolute Gasteiger partial charge is 0.315 e. The maximum absolute atomic E-state index is 13.6. The first-order valence-corrected chi connectivity index (χ1v) is 11.0. The number of carbonyl (C=O) groups is 2. The molecule has 176 valence electrons. The molecule has 1 aliphatic rings. The van der Waals surface area contributed by atoms with Gasteiger partial charge in [-0.05, 0) is 62.2 Å². The Morgan fingerprint density at radius 1 is 1.00 bits per heavy atom. The van der Waals surface area contributed by atoms with Crippen molar-refractivity contribution in [2.45, 2.75) is 32.0 Å². The molecule has 3 aromatic carbocycles. The number of benzene rings is 3. The van der Waals surface area contributed by atoms with Gasteiger partial charge in [0.1, 0.15) is 5.82 Å². The number of urea groups is 2. The van der Waals surface area contributed by atoms with E-state index in [0.29, 0.717) is 29.4 Å². The van der Waals surface area contributed by atoms with Crippen LogP contribution in [-0.2, 0) is 6.42 Å². The summed E-state index contributed by atoms with van der Waals surface area (Å²) >= 11 is 0. The molecular weight excluding hydrogens is 435 g/mol. The minimum Gasteiger partial charge on any atom is -0.315 e. The molecule has 1 heterocycles. The van der Waals surface area contributed by atoms with Crippen LogP contribution in [0.15, 0.2) is 84.9 Å². The van der Waals surface area contributed by atoms with Crippen LogP contribution in [0.3, 0.4) is 0 Å². The van der Waals surface area contributed by atoms with E-state index in [1.165, 1.54) is 17.0 Å². The predicted octanol–water partition coefficient (Wildman–Crippen LogP) is 5.34. The summed E-state index contributed by atoms with van der Waals surface area (Å²) < 4.78 is 13.3. The second-order valence-electron chi connectivity index (χ2n) is 8.68. The van der Waals surface area contributed by atoms with Crippen molar-refractivity contribution in [2.24, 2.45) is 0 Å². The molecule has 4 amide bonds. The standard InChI is InChI=1S/C26H27FN4O3/c1-26(2)23(31(34)24(32)28-21-9-5-3-6-10-21)30(22-11-7-4-8-12-22)25(33)29(26)18-17-19-13-15-20(27)16-14-19/h3-16,23,34H,17-18H2,1-2H3,(H,28,32)/t23-/m0/s1. The van der Waals surface area contributed by atoms with Crippen LogP contribution in [0.25, 0.3) is 0 Å². The molecule has 7 nitrogen and oxygen atoms in total. The molecule has 2 N–H and O–H groups in total. The van der Waals surface area contributed by atoms with Crippen molar-refractivity contribution in [3.8, 4) is 0 Å². The van der Waals surface area contributed by atoms with E-state index in [2.05, 4.69) is 5.32 Å². The lowest BCUT2D eigenvalue weighted by molar-refractivity contribution is -0.0947. The maximum Gasteiger partial charge on any atom is 0.347 e. The van der Waals surface area contributed by atoms with Crippen LogP contribution in [0.1, 0.15) is 19.4 Å². The Hall–Kier alpha value is -3.91. The Morgan fingerprint density at radius 3 is 2.21 bits per heavy atom. The summed E-state index contributed by atoms with van der Waals surface area (Å²) in [5, 5.41) is 14.3. The van der Waals surface area contributed by atoms with Crippen molar-refractivity contribution < 1.29 is 19.2 Å². The van der Waals surface area contributed by atoms with Gasteiger partial charge in [-0.1, -0.05) is 48.5 Å². The van der Waals surface area contributed by atoms with E-state index in [0.717, 1.165) is 5.56 Å². The van der Waals surface area contributed by atoms with Crippen molar-refractivity contribution >= 4 is 23.4 Å². The fraction of sp³-hybridized carbons (Fsp3) is 0.231. The first-order chi connectivity index (χ1) is 16.3. The minimum atomic E-state index is -1.00. The first-order valence-electron chi connectivity index (χ1n) is 11.0. The average Bonchev–Trinajstić information content (AvgIpc) is 3.04. The number of hydroxylamine groups is 2. The summed E-state index contributed by atoms with van der Waals surface area (Å²) in [6.45, 7) is 3.94. The number of carbonyl (C=O) groups excluding carboxylic acids is 2. The summed E-state index contributed by atoms with van der Waals surface area (Å²) in [5.41, 5.74) is 1.01. The monoisotopic (exact) mass is 462 g/mol. The van der Waals surface area contributed by atoms with Gasteiger partial charge in [0.25, 0.3) is 0 Å². The molecule has 1 fully saturated rings. The van der Waals surface area contributed by atoms with Crippen LogP contribution in [0, 0.1) is 5.82 Å². The lowest BCUT2D eigenvalue weighted by Crippen LogP contribution is -2.58. The Morgan fingerprint density at radius 2 is 1.59 bits per heavy atom. The van der Waals surface area contributed by atoms with Crippen molar-refractivity contribution in [3.05, 3.63) is 96.3 Å². The van der Waals surface area contributed by atoms with Gasteiger partial charge in [-0.2, -0.15) is 5.06 Å². The number of hydrogen-bond acceptors (Lipinski definition) is 3. The van der Waals surface area contributed by atoms with Gasteiger partial charge >= 0.3 is 12.1 Å². The zero-order valence-corrected chi connectivity index (χ0v) is 19.1. The second kappa shape index (κ2) is 9.52. The Balaban J connectivity index is 1.63. The Labute approximate surface area is 198 Å². The van der Waals surface area contributed by atoms with E-state index in [1.54, 1.807) is 65.6 Å². The molecule has 34 heavy (non-hydrogen) atoms. The van der Waals surface area contributed by atoms with Gasteiger partial charge in [0.15, 0.2) is 6.17 Å². The lowest BCUT2D eigenvalue weighted by atomic mass is 9.99. The van der Waals surface area contributed by atoms with Crippen LogP contribution >= 0.6 is 0 Å². The second-order valence-corrected chi connectivity index (χ2v) is 8.68. The molecule has 0 aromatic heterocycles. The van der Waals surface area contributed by atoms with Crippen LogP contribution in [0.2, 0.25) is 0 Å². The molecule has 0 bridgehead atoms. The van der Waals surface area contributed by atoms with Gasteiger partial charge < -0.3 is 10.2 Å². The summed E-state index contributed by atoms with van der Waals surface area (Å²) in [5.74, 6) is -0.322. The molecule has 8 heteroatoms. The number of halogens is 1. The van der Waals surface area contributed by atoms with Crippen molar-refractivity contribution in [3.63, 3.8) is 0 Å². The zero-order valence-electron chi connectivity index (χ0n) is 19.1. The highest BCUT2D eigenvalue weighted by molar-refractivity contribution is 5.98. The van der Waals surface area contributed by atoms with Crippen LogP contribution in [0.5, 0.6) is 0 Å². The molecular formula is C26H27FN4O3. The molecule has 1 aliphatic heterocycles. The Bertz CT molecular complexity index is 1140. The molecule has 1 atom stereocenters. The quantitative estimate of drug-likeness (QED) is 0.384. The fourth-order valence-corrected chi connectivity index (χ4v) is 4.27. The highest BCUT2D eigenvalue weighted by Crippen LogP contribution is 2.38. The summed E-state index contributed by atoms with van der Waals surface area (Å²) in [6, 6.07) is 22.7. The number of anilines is 2. The third-order valence-corrected chi connectivity index (χ3v) is 6.05. The van der Waals surface area contributed by atoms with E-state index in [1.807, 2.05) is 26.0 Å². The van der Waals surface area contributed by atoms with Crippen LogP contribution in [0.4, 0.5) is 25.4 Å². The van der Waals surface area contributed by atoms with Gasteiger partial charge in [-0.25, -0.2) is 14.0 Å². The third-order valence-electron chi connectivity index (χ3n) is 6.05. The topological polar surface area (TPSA) is 76.1 Å². The highest BCUT2D eigenvalue weighted by atomic mass is 19.1. The number of amides is 4. The largest absolute Gasteiger partial charge is 0.347 e. The molecule has 0 radical (unpaired) electrons. The Kier molecular flexibility index (Phi) is 6.51. The molecule has 1 saturated heterocycles. The predicted molar refractivity (Wildman–Crippen MR) is 128 cm³/mol. The van der Waals surface area contributed by atoms with Crippen molar-refractivity contribution in [1.29, 1.82) is 0 Å². The van der Waals surface area contributed by atoms with Gasteiger partial charge in [0, 0.05) is 17.9 Å². The number of hydrogen-bond donors (Lipinski definition) is 2. The average molecular weight is 463 g/mol. The highest BCUT2D eigenvalue weighted by Gasteiger charge is 2.55. The molecule has 0 unspecified atom stereocenters. The van der Waals surface area contributed by atoms with Crippen LogP contribution < -0.4 is 10.2 Å². The summed E-state index contributed by atoms with van der Waals surface area (Å²) in [4.78, 5) is 29.6. The first kappa shape index (κ1) is 23.3.